The molecule has 0 aliphatic rings. The van der Waals surface area contributed by atoms with Crippen LogP contribution in [0, 0.1) is 13.8 Å². The summed E-state index contributed by atoms with van der Waals surface area (Å²) in [6, 6.07) is 3.26. The molecule has 0 radical (unpaired) electrons. The van der Waals surface area contributed by atoms with E-state index in [9.17, 15) is 24.6 Å². The molecular weight excluding hydrogens is 350 g/mol. The Kier molecular flexibility index (Phi) is 6.98. The number of rotatable bonds is 9. The van der Waals surface area contributed by atoms with E-state index in [2.05, 4.69) is 5.32 Å². The fourth-order valence-corrected chi connectivity index (χ4v) is 2.99. The summed E-state index contributed by atoms with van der Waals surface area (Å²) in [5.74, 6) is -1.17. The van der Waals surface area contributed by atoms with Crippen LogP contribution in [0.5, 0.6) is 5.75 Å². The van der Waals surface area contributed by atoms with Gasteiger partial charge in [0.2, 0.25) is 5.91 Å². The Balaban J connectivity index is 1.93. The Hall–Kier alpha value is -2.83. The molecule has 7 heteroatoms. The molecule has 27 heavy (non-hydrogen) atoms. The summed E-state index contributed by atoms with van der Waals surface area (Å²) in [6.45, 7) is 3.95. The summed E-state index contributed by atoms with van der Waals surface area (Å²) < 4.78 is 5.36. The molecule has 1 amide bonds. The maximum atomic E-state index is 12.3. The Morgan fingerprint density at radius 3 is 2.56 bits per heavy atom. The zero-order chi connectivity index (χ0) is 20.0. The smallest absolute Gasteiger partial charge is 0.339 e. The molecule has 1 aromatic heterocycles. The standard InChI is InChI=1S/C20H25NO6/c1-12-14-7-9-16(22)13(2)19(14)27-20(26)15(12)8-10-17(23)21-11-5-3-4-6-18(24)25/h7,9,22H,3-6,8,10-11H2,1-2H3,(H,21,23)(H,24,25)/p-1. The van der Waals surface area contributed by atoms with E-state index in [1.807, 2.05) is 0 Å². The number of unbranched alkanes of at least 4 members (excludes halogenated alkanes) is 2. The minimum atomic E-state index is -1.06. The quantitative estimate of drug-likeness (QED) is 0.507. The maximum absolute atomic E-state index is 12.3. The van der Waals surface area contributed by atoms with E-state index < -0.39 is 11.6 Å². The lowest BCUT2D eigenvalue weighted by Gasteiger charge is -2.10. The van der Waals surface area contributed by atoms with Crippen LogP contribution in [0.4, 0.5) is 0 Å². The lowest BCUT2D eigenvalue weighted by atomic mass is 10.0. The largest absolute Gasteiger partial charge is 0.550 e. The number of amides is 1. The number of hydrogen-bond donors (Lipinski definition) is 2. The molecule has 2 rings (SSSR count). The number of fused-ring (bicyclic) bond motifs is 1. The Bertz CT molecular complexity index is 899. The average molecular weight is 374 g/mol. The van der Waals surface area contributed by atoms with Crippen LogP contribution < -0.4 is 16.0 Å². The normalized spacial score (nSPS) is 10.9. The highest BCUT2D eigenvalue weighted by Gasteiger charge is 2.15. The first-order valence-electron chi connectivity index (χ1n) is 9.02. The van der Waals surface area contributed by atoms with E-state index in [1.165, 1.54) is 0 Å². The first kappa shape index (κ1) is 20.5. The number of carbonyl (C=O) groups excluding carboxylic acids is 2. The number of phenols is 1. The van der Waals surface area contributed by atoms with Crippen molar-refractivity contribution in [1.82, 2.24) is 5.32 Å². The van der Waals surface area contributed by atoms with Crippen molar-refractivity contribution >= 4 is 22.8 Å². The van der Waals surface area contributed by atoms with Crippen molar-refractivity contribution in [2.24, 2.45) is 0 Å². The van der Waals surface area contributed by atoms with E-state index in [0.717, 1.165) is 10.9 Å². The minimum absolute atomic E-state index is 0.0300. The molecule has 0 aliphatic heterocycles. The number of aliphatic carboxylic acids is 1. The Morgan fingerprint density at radius 2 is 1.85 bits per heavy atom. The summed E-state index contributed by atoms with van der Waals surface area (Å²) in [7, 11) is 0. The molecule has 0 aliphatic carbocycles. The highest BCUT2D eigenvalue weighted by molar-refractivity contribution is 5.85. The minimum Gasteiger partial charge on any atom is -0.550 e. The molecule has 0 unspecified atom stereocenters. The van der Waals surface area contributed by atoms with Gasteiger partial charge in [-0.15, -0.1) is 0 Å². The van der Waals surface area contributed by atoms with Crippen molar-refractivity contribution in [3.05, 3.63) is 39.2 Å². The third-order valence-electron chi connectivity index (χ3n) is 4.66. The summed E-state index contributed by atoms with van der Waals surface area (Å²) >= 11 is 0. The van der Waals surface area contributed by atoms with Crippen LogP contribution in [0.1, 0.15) is 48.8 Å². The number of nitrogens with one attached hydrogen (secondary N) is 1. The van der Waals surface area contributed by atoms with Crippen molar-refractivity contribution in [2.75, 3.05) is 6.54 Å². The van der Waals surface area contributed by atoms with Gasteiger partial charge in [0.05, 0.1) is 0 Å². The fourth-order valence-electron chi connectivity index (χ4n) is 2.99. The number of benzene rings is 1. The van der Waals surface area contributed by atoms with Crippen LogP contribution in [-0.4, -0.2) is 23.5 Å². The molecule has 2 N–H and O–H groups in total. The summed E-state index contributed by atoms with van der Waals surface area (Å²) in [4.78, 5) is 34.6. The van der Waals surface area contributed by atoms with E-state index >= 15 is 0 Å². The van der Waals surface area contributed by atoms with Crippen molar-refractivity contribution in [3.63, 3.8) is 0 Å². The third kappa shape index (κ3) is 5.32. The molecule has 0 atom stereocenters. The predicted molar refractivity (Wildman–Crippen MR) is 98.4 cm³/mol. The SMILES string of the molecule is Cc1c(CCC(=O)NCCCCCC(=O)[O-])c(=O)oc2c(C)c(O)ccc12. The van der Waals surface area contributed by atoms with Crippen molar-refractivity contribution < 1.29 is 24.2 Å². The third-order valence-corrected chi connectivity index (χ3v) is 4.66. The monoisotopic (exact) mass is 374 g/mol. The van der Waals surface area contributed by atoms with Gasteiger partial charge in [-0.3, -0.25) is 4.79 Å². The molecule has 0 saturated heterocycles. The predicted octanol–water partition coefficient (Wildman–Crippen LogP) is 1.47. The molecule has 0 saturated carbocycles. The molecule has 1 heterocycles. The van der Waals surface area contributed by atoms with Crippen molar-refractivity contribution in [2.45, 2.75) is 52.4 Å². The zero-order valence-corrected chi connectivity index (χ0v) is 15.6. The second-order valence-corrected chi connectivity index (χ2v) is 6.61. The Morgan fingerprint density at radius 1 is 1.11 bits per heavy atom. The molecule has 0 bridgehead atoms. The second kappa shape index (κ2) is 9.21. The number of hydrogen-bond acceptors (Lipinski definition) is 6. The van der Waals surface area contributed by atoms with Gasteiger partial charge in [0.1, 0.15) is 11.3 Å². The molecular formula is C20H24NO6-. The molecule has 146 valence electrons. The number of carboxylic acids is 1. The molecule has 7 nitrogen and oxygen atoms in total. The lowest BCUT2D eigenvalue weighted by Crippen LogP contribution is -2.26. The van der Waals surface area contributed by atoms with Crippen LogP contribution in [0.2, 0.25) is 0 Å². The number of aromatic hydroxyl groups is 1. The Labute approximate surface area is 157 Å². The average Bonchev–Trinajstić information content (AvgIpc) is 2.61. The summed E-state index contributed by atoms with van der Waals surface area (Å²) in [5.41, 5.74) is 1.58. The van der Waals surface area contributed by atoms with Gasteiger partial charge < -0.3 is 24.7 Å². The van der Waals surface area contributed by atoms with Gasteiger partial charge >= 0.3 is 5.63 Å². The first-order chi connectivity index (χ1) is 12.8. The zero-order valence-electron chi connectivity index (χ0n) is 15.6. The van der Waals surface area contributed by atoms with Crippen molar-refractivity contribution in [1.29, 1.82) is 0 Å². The highest BCUT2D eigenvalue weighted by Crippen LogP contribution is 2.28. The molecule has 1 aromatic carbocycles. The van der Waals surface area contributed by atoms with Gasteiger partial charge in [-0.05, 0) is 57.2 Å². The molecule has 0 spiro atoms. The van der Waals surface area contributed by atoms with Crippen LogP contribution in [0.3, 0.4) is 0 Å². The number of phenolic OH excluding ortho intramolecular Hbond substituents is 1. The number of carboxylic acid groups (broad SMARTS) is 1. The summed E-state index contributed by atoms with van der Waals surface area (Å²) in [5, 5.41) is 23.6. The van der Waals surface area contributed by atoms with Gasteiger partial charge in [0.15, 0.2) is 0 Å². The van der Waals surface area contributed by atoms with Gasteiger partial charge in [-0.1, -0.05) is 6.42 Å². The van der Waals surface area contributed by atoms with E-state index in [4.69, 9.17) is 4.42 Å². The second-order valence-electron chi connectivity index (χ2n) is 6.61. The molecule has 2 aromatic rings. The lowest BCUT2D eigenvalue weighted by molar-refractivity contribution is -0.305. The molecule has 0 fully saturated rings. The number of carbonyl (C=O) groups is 2. The van der Waals surface area contributed by atoms with Gasteiger partial charge in [0, 0.05) is 35.4 Å². The van der Waals surface area contributed by atoms with Gasteiger partial charge in [-0.2, -0.15) is 0 Å². The van der Waals surface area contributed by atoms with E-state index in [1.54, 1.807) is 26.0 Å². The highest BCUT2D eigenvalue weighted by atomic mass is 16.4. The van der Waals surface area contributed by atoms with Crippen LogP contribution in [-0.2, 0) is 16.0 Å². The van der Waals surface area contributed by atoms with E-state index in [-0.39, 0.29) is 30.9 Å². The maximum Gasteiger partial charge on any atom is 0.339 e. The fraction of sp³-hybridized carbons (Fsp3) is 0.450. The topological polar surface area (TPSA) is 120 Å². The van der Waals surface area contributed by atoms with Crippen LogP contribution >= 0.6 is 0 Å². The van der Waals surface area contributed by atoms with Gasteiger partial charge in [-0.25, -0.2) is 4.79 Å². The van der Waals surface area contributed by atoms with E-state index in [0.29, 0.717) is 42.5 Å². The van der Waals surface area contributed by atoms with Crippen molar-refractivity contribution in [3.8, 4) is 5.75 Å². The van der Waals surface area contributed by atoms with Gasteiger partial charge in [0.25, 0.3) is 0 Å². The van der Waals surface area contributed by atoms with Crippen LogP contribution in [0.25, 0.3) is 11.0 Å². The van der Waals surface area contributed by atoms with Crippen LogP contribution in [0.15, 0.2) is 21.3 Å². The number of aryl methyl sites for hydroxylation is 2. The first-order valence-corrected chi connectivity index (χ1v) is 9.02. The summed E-state index contributed by atoms with van der Waals surface area (Å²) in [6.07, 6.45) is 2.38.